The topological polar surface area (TPSA) is 12.0 Å². The van der Waals surface area contributed by atoms with E-state index in [9.17, 15) is 0 Å². The van der Waals surface area contributed by atoms with Crippen LogP contribution in [-0.4, -0.2) is 0 Å². The van der Waals surface area contributed by atoms with Crippen LogP contribution in [-0.2, 0) is 0 Å². The molecule has 1 N–H and O–H groups in total. The van der Waals surface area contributed by atoms with Crippen molar-refractivity contribution in [1.82, 2.24) is 0 Å². The number of rotatable bonds is 1. The number of nitrogens with one attached hydrogen (secondary N) is 1. The third-order valence-electron chi connectivity index (χ3n) is 4.76. The largest absolute Gasteiger partial charge is 0.378 e. The lowest BCUT2D eigenvalue weighted by Gasteiger charge is -2.38. The minimum atomic E-state index is 0.371. The van der Waals surface area contributed by atoms with Crippen LogP contribution >= 0.6 is 15.9 Å². The van der Waals surface area contributed by atoms with Crippen LogP contribution < -0.4 is 5.32 Å². The standard InChI is InChI=1S/C19H18BrN/c1-12-9-10-18-16(11-12)13-6-4-7-14(13)19(21-18)15-5-2-3-8-17(15)20/h2-6,8-11,13-14,19,21H,7H2,1H3/t13-,14+,19-/m1/s1. The molecule has 0 saturated heterocycles. The number of aryl methyl sites for hydroxylation is 1. The van der Waals surface area contributed by atoms with Gasteiger partial charge in [0.2, 0.25) is 0 Å². The Morgan fingerprint density at radius 1 is 1.10 bits per heavy atom. The monoisotopic (exact) mass is 339 g/mol. The number of allylic oxidation sites excluding steroid dienone is 2. The minimum Gasteiger partial charge on any atom is -0.378 e. The van der Waals surface area contributed by atoms with E-state index in [4.69, 9.17) is 0 Å². The predicted octanol–water partition coefficient (Wildman–Crippen LogP) is 5.58. The van der Waals surface area contributed by atoms with E-state index in [1.807, 2.05) is 0 Å². The van der Waals surface area contributed by atoms with Gasteiger partial charge in [0.05, 0.1) is 6.04 Å². The lowest BCUT2D eigenvalue weighted by molar-refractivity contribution is 0.424. The van der Waals surface area contributed by atoms with E-state index in [0.29, 0.717) is 17.9 Å². The lowest BCUT2D eigenvalue weighted by Crippen LogP contribution is -2.29. The van der Waals surface area contributed by atoms with Gasteiger partial charge >= 0.3 is 0 Å². The van der Waals surface area contributed by atoms with Crippen molar-refractivity contribution in [2.24, 2.45) is 5.92 Å². The Balaban J connectivity index is 1.82. The third kappa shape index (κ3) is 2.13. The molecule has 4 rings (SSSR count). The van der Waals surface area contributed by atoms with Gasteiger partial charge < -0.3 is 5.32 Å². The molecule has 1 nitrogen and oxygen atoms in total. The fourth-order valence-corrected chi connectivity index (χ4v) is 4.28. The molecule has 0 fully saturated rings. The second-order valence-corrected chi connectivity index (χ2v) is 6.94. The van der Waals surface area contributed by atoms with Gasteiger partial charge in [-0.2, -0.15) is 0 Å². The number of anilines is 1. The molecule has 1 aliphatic heterocycles. The third-order valence-corrected chi connectivity index (χ3v) is 5.48. The molecule has 106 valence electrons. The summed E-state index contributed by atoms with van der Waals surface area (Å²) in [6, 6.07) is 15.7. The van der Waals surface area contributed by atoms with E-state index >= 15 is 0 Å². The van der Waals surface area contributed by atoms with Gasteiger partial charge in [-0.25, -0.2) is 0 Å². The number of hydrogen-bond acceptors (Lipinski definition) is 1. The molecule has 1 heterocycles. The Morgan fingerprint density at radius 3 is 2.81 bits per heavy atom. The summed E-state index contributed by atoms with van der Waals surface area (Å²) in [7, 11) is 0. The summed E-state index contributed by atoms with van der Waals surface area (Å²) in [5.74, 6) is 1.15. The second kappa shape index (κ2) is 5.03. The van der Waals surface area contributed by atoms with Crippen molar-refractivity contribution in [1.29, 1.82) is 0 Å². The van der Waals surface area contributed by atoms with Crippen molar-refractivity contribution in [3.05, 3.63) is 75.8 Å². The molecule has 0 bridgehead atoms. The number of benzene rings is 2. The van der Waals surface area contributed by atoms with Gasteiger partial charge in [-0.3, -0.25) is 0 Å². The van der Waals surface area contributed by atoms with Crippen LogP contribution in [0.25, 0.3) is 0 Å². The highest BCUT2D eigenvalue weighted by Gasteiger charge is 2.38. The molecule has 2 aromatic carbocycles. The molecule has 0 saturated carbocycles. The van der Waals surface area contributed by atoms with Gasteiger partial charge in [-0.05, 0) is 42.5 Å². The van der Waals surface area contributed by atoms with Gasteiger partial charge in [-0.15, -0.1) is 0 Å². The predicted molar refractivity (Wildman–Crippen MR) is 91.7 cm³/mol. The molecule has 2 aliphatic rings. The summed E-state index contributed by atoms with van der Waals surface area (Å²) < 4.78 is 1.20. The highest BCUT2D eigenvalue weighted by Crippen LogP contribution is 2.50. The molecule has 2 heteroatoms. The fourth-order valence-electron chi connectivity index (χ4n) is 3.75. The maximum Gasteiger partial charge on any atom is 0.0565 e. The van der Waals surface area contributed by atoms with Gasteiger partial charge in [0.25, 0.3) is 0 Å². The Bertz CT molecular complexity index is 719. The molecule has 2 aromatic rings. The van der Waals surface area contributed by atoms with Crippen molar-refractivity contribution < 1.29 is 0 Å². The first-order valence-corrected chi connectivity index (χ1v) is 8.31. The Morgan fingerprint density at radius 2 is 1.95 bits per heavy atom. The van der Waals surface area contributed by atoms with Crippen molar-refractivity contribution >= 4 is 21.6 Å². The summed E-state index contributed by atoms with van der Waals surface area (Å²) >= 11 is 3.72. The average Bonchev–Trinajstić information content (AvgIpc) is 2.97. The van der Waals surface area contributed by atoms with E-state index < -0.39 is 0 Å². The fraction of sp³-hybridized carbons (Fsp3) is 0.263. The highest BCUT2D eigenvalue weighted by atomic mass is 79.9. The maximum absolute atomic E-state index is 3.78. The summed E-state index contributed by atoms with van der Waals surface area (Å²) in [5.41, 5.74) is 5.45. The van der Waals surface area contributed by atoms with Crippen LogP contribution in [0.4, 0.5) is 5.69 Å². The van der Waals surface area contributed by atoms with Gasteiger partial charge in [-0.1, -0.05) is 64.0 Å². The number of halogens is 1. The molecular weight excluding hydrogens is 322 g/mol. The molecule has 0 unspecified atom stereocenters. The quantitative estimate of drug-likeness (QED) is 0.668. The molecule has 0 amide bonds. The summed E-state index contributed by atoms with van der Waals surface area (Å²) in [4.78, 5) is 0. The van der Waals surface area contributed by atoms with E-state index in [0.717, 1.165) is 6.42 Å². The van der Waals surface area contributed by atoms with E-state index in [1.54, 1.807) is 0 Å². The summed E-state index contributed by atoms with van der Waals surface area (Å²) in [6.45, 7) is 2.17. The molecule has 3 atom stereocenters. The zero-order valence-electron chi connectivity index (χ0n) is 12.0. The number of hydrogen-bond donors (Lipinski definition) is 1. The molecule has 1 aliphatic carbocycles. The SMILES string of the molecule is Cc1ccc2c(c1)[C@@H]1C=CC[C@@H]1[C@H](c1ccccc1Br)N2. The molecule has 21 heavy (non-hydrogen) atoms. The van der Waals surface area contributed by atoms with Crippen LogP contribution in [0.3, 0.4) is 0 Å². The minimum absolute atomic E-state index is 0.371. The normalized spacial score (nSPS) is 26.1. The lowest BCUT2D eigenvalue weighted by atomic mass is 9.77. The first-order valence-electron chi connectivity index (χ1n) is 7.52. The van der Waals surface area contributed by atoms with Crippen molar-refractivity contribution in [2.75, 3.05) is 5.32 Å². The molecule has 0 aromatic heterocycles. The first kappa shape index (κ1) is 13.1. The summed E-state index contributed by atoms with van der Waals surface area (Å²) in [5, 5.41) is 3.78. The van der Waals surface area contributed by atoms with Gasteiger partial charge in [0, 0.05) is 16.1 Å². The number of fused-ring (bicyclic) bond motifs is 3. The van der Waals surface area contributed by atoms with Crippen molar-refractivity contribution in [3.63, 3.8) is 0 Å². The first-order chi connectivity index (χ1) is 10.2. The van der Waals surface area contributed by atoms with Crippen LogP contribution in [0.5, 0.6) is 0 Å². The Kier molecular flexibility index (Phi) is 3.15. The van der Waals surface area contributed by atoms with Crippen molar-refractivity contribution in [2.45, 2.75) is 25.3 Å². The second-order valence-electron chi connectivity index (χ2n) is 6.09. The molecule has 0 spiro atoms. The van der Waals surface area contributed by atoms with Crippen molar-refractivity contribution in [3.8, 4) is 0 Å². The molecular formula is C19H18BrN. The average molecular weight is 340 g/mol. The van der Waals surface area contributed by atoms with Crippen LogP contribution in [0.15, 0.2) is 59.1 Å². The highest BCUT2D eigenvalue weighted by molar-refractivity contribution is 9.10. The van der Waals surface area contributed by atoms with Crippen LogP contribution in [0.2, 0.25) is 0 Å². The Hall–Kier alpha value is -1.54. The van der Waals surface area contributed by atoms with Crippen LogP contribution in [0, 0.1) is 12.8 Å². The Labute approximate surface area is 134 Å². The van der Waals surface area contributed by atoms with E-state index in [2.05, 4.69) is 82.8 Å². The summed E-state index contributed by atoms with van der Waals surface area (Å²) in [6.07, 6.45) is 5.89. The van der Waals surface area contributed by atoms with Gasteiger partial charge in [0.1, 0.15) is 0 Å². The maximum atomic E-state index is 3.78. The molecule has 0 radical (unpaired) electrons. The van der Waals surface area contributed by atoms with E-state index in [1.165, 1.54) is 26.9 Å². The smallest absolute Gasteiger partial charge is 0.0565 e. The van der Waals surface area contributed by atoms with Gasteiger partial charge in [0.15, 0.2) is 0 Å². The van der Waals surface area contributed by atoms with Crippen LogP contribution in [0.1, 0.15) is 35.1 Å². The zero-order valence-corrected chi connectivity index (χ0v) is 13.6. The zero-order chi connectivity index (χ0) is 14.4. The van der Waals surface area contributed by atoms with E-state index in [-0.39, 0.29) is 0 Å².